The predicted molar refractivity (Wildman–Crippen MR) is 140 cm³/mol. The summed E-state index contributed by atoms with van der Waals surface area (Å²) < 4.78 is 26.5. The van der Waals surface area contributed by atoms with Crippen molar-refractivity contribution in [2.45, 2.75) is 31.8 Å². The van der Waals surface area contributed by atoms with Gasteiger partial charge in [0.15, 0.2) is 17.3 Å². The van der Waals surface area contributed by atoms with Crippen LogP contribution in [-0.2, 0) is 33.8 Å². The second-order valence-corrected chi connectivity index (χ2v) is 9.17. The SMILES string of the molecule is COC(=O)C[C@@H](c1ccc(C(=O)OC)cc1)c1oc(CN2CCc3cc(OC)c(OC)cc3C2)cc(=O)c1O. The van der Waals surface area contributed by atoms with Gasteiger partial charge in [-0.15, -0.1) is 0 Å². The molecule has 2 heterocycles. The van der Waals surface area contributed by atoms with Crippen molar-refractivity contribution >= 4 is 11.9 Å². The molecule has 10 nitrogen and oxygen atoms in total. The normalized spacial score (nSPS) is 13.7. The van der Waals surface area contributed by atoms with Crippen molar-refractivity contribution in [1.82, 2.24) is 4.90 Å². The van der Waals surface area contributed by atoms with E-state index in [1.54, 1.807) is 38.5 Å². The van der Waals surface area contributed by atoms with Gasteiger partial charge in [-0.1, -0.05) is 12.1 Å². The smallest absolute Gasteiger partial charge is 0.337 e. The Hall–Kier alpha value is -4.31. The van der Waals surface area contributed by atoms with Gasteiger partial charge in [0.05, 0.1) is 52.9 Å². The lowest BCUT2D eigenvalue weighted by Gasteiger charge is -2.29. The number of rotatable bonds is 9. The molecule has 10 heteroatoms. The van der Waals surface area contributed by atoms with Crippen LogP contribution >= 0.6 is 0 Å². The minimum absolute atomic E-state index is 0.0440. The third-order valence-corrected chi connectivity index (χ3v) is 6.83. The van der Waals surface area contributed by atoms with Crippen molar-refractivity contribution in [2.75, 3.05) is 35.0 Å². The molecular formula is C29H31NO9. The minimum atomic E-state index is -0.824. The molecule has 0 unspecified atom stereocenters. The summed E-state index contributed by atoms with van der Waals surface area (Å²) in [5.41, 5.74) is 2.49. The number of hydrogen-bond donors (Lipinski definition) is 1. The molecular weight excluding hydrogens is 506 g/mol. The van der Waals surface area contributed by atoms with Crippen molar-refractivity contribution in [3.8, 4) is 17.2 Å². The van der Waals surface area contributed by atoms with E-state index in [-0.39, 0.29) is 12.2 Å². The number of esters is 2. The third kappa shape index (κ3) is 6.06. The van der Waals surface area contributed by atoms with Crippen LogP contribution in [0.2, 0.25) is 0 Å². The van der Waals surface area contributed by atoms with Crippen molar-refractivity contribution in [1.29, 1.82) is 0 Å². The molecule has 1 aromatic heterocycles. The van der Waals surface area contributed by atoms with Gasteiger partial charge in [-0.2, -0.15) is 0 Å². The van der Waals surface area contributed by atoms with Crippen LogP contribution in [0.1, 0.15) is 50.9 Å². The highest BCUT2D eigenvalue weighted by molar-refractivity contribution is 5.89. The molecule has 0 saturated carbocycles. The summed E-state index contributed by atoms with van der Waals surface area (Å²) in [5, 5.41) is 10.7. The van der Waals surface area contributed by atoms with E-state index >= 15 is 0 Å². The maximum atomic E-state index is 12.8. The zero-order valence-electron chi connectivity index (χ0n) is 22.3. The van der Waals surface area contributed by atoms with E-state index in [0.29, 0.717) is 48.0 Å². The lowest BCUT2D eigenvalue weighted by Crippen LogP contribution is -2.30. The first-order valence-electron chi connectivity index (χ1n) is 12.3. The Kier molecular flexibility index (Phi) is 8.55. The number of benzene rings is 2. The van der Waals surface area contributed by atoms with Gasteiger partial charge in [-0.25, -0.2) is 4.79 Å². The van der Waals surface area contributed by atoms with Crippen LogP contribution in [-0.4, -0.2) is 56.9 Å². The van der Waals surface area contributed by atoms with E-state index in [0.717, 1.165) is 17.5 Å². The van der Waals surface area contributed by atoms with Gasteiger partial charge in [0.2, 0.25) is 11.2 Å². The van der Waals surface area contributed by atoms with Crippen LogP contribution in [0.15, 0.2) is 51.7 Å². The summed E-state index contributed by atoms with van der Waals surface area (Å²) in [6.07, 6.45) is 0.578. The molecule has 39 heavy (non-hydrogen) atoms. The van der Waals surface area contributed by atoms with Crippen molar-refractivity contribution < 1.29 is 38.1 Å². The Balaban J connectivity index is 1.64. The van der Waals surface area contributed by atoms with Crippen LogP contribution in [0.4, 0.5) is 0 Å². The Labute approximate surface area is 225 Å². The highest BCUT2D eigenvalue weighted by Gasteiger charge is 2.28. The monoisotopic (exact) mass is 537 g/mol. The van der Waals surface area contributed by atoms with Gasteiger partial charge in [-0.3, -0.25) is 14.5 Å². The molecule has 2 aromatic carbocycles. The van der Waals surface area contributed by atoms with Crippen LogP contribution < -0.4 is 14.9 Å². The van der Waals surface area contributed by atoms with E-state index in [1.807, 2.05) is 12.1 Å². The van der Waals surface area contributed by atoms with Crippen molar-refractivity contribution in [3.63, 3.8) is 0 Å². The number of ether oxygens (including phenoxy) is 4. The first kappa shape index (κ1) is 27.7. The maximum absolute atomic E-state index is 12.8. The fraction of sp³-hybridized carbons (Fsp3) is 0.345. The van der Waals surface area contributed by atoms with Crippen LogP contribution in [0.25, 0.3) is 0 Å². The number of hydrogen-bond acceptors (Lipinski definition) is 10. The summed E-state index contributed by atoms with van der Waals surface area (Å²) in [6.45, 7) is 1.61. The second-order valence-electron chi connectivity index (χ2n) is 9.17. The number of aromatic hydroxyl groups is 1. The number of fused-ring (bicyclic) bond motifs is 1. The minimum Gasteiger partial charge on any atom is -0.502 e. The Bertz CT molecular complexity index is 1410. The molecule has 1 N–H and O–H groups in total. The fourth-order valence-electron chi connectivity index (χ4n) is 4.75. The maximum Gasteiger partial charge on any atom is 0.337 e. The van der Waals surface area contributed by atoms with Gasteiger partial charge in [0, 0.05) is 19.2 Å². The van der Waals surface area contributed by atoms with Gasteiger partial charge in [0.1, 0.15) is 5.76 Å². The van der Waals surface area contributed by atoms with Crippen LogP contribution in [0.5, 0.6) is 17.2 Å². The van der Waals surface area contributed by atoms with Gasteiger partial charge in [-0.05, 0) is 47.4 Å². The molecule has 0 saturated heterocycles. The molecule has 0 fully saturated rings. The number of methoxy groups -OCH3 is 4. The summed E-state index contributed by atoms with van der Waals surface area (Å²) in [5.74, 6) is -0.852. The van der Waals surface area contributed by atoms with E-state index in [2.05, 4.69) is 4.90 Å². The third-order valence-electron chi connectivity index (χ3n) is 6.83. The lowest BCUT2D eigenvalue weighted by atomic mass is 9.91. The van der Waals surface area contributed by atoms with Crippen LogP contribution in [0, 0.1) is 0 Å². The van der Waals surface area contributed by atoms with Gasteiger partial charge in [0.25, 0.3) is 0 Å². The van der Waals surface area contributed by atoms with Gasteiger partial charge < -0.3 is 28.5 Å². The van der Waals surface area contributed by atoms with E-state index in [9.17, 15) is 19.5 Å². The second kappa shape index (κ2) is 12.0. The Morgan fingerprint density at radius 2 is 1.64 bits per heavy atom. The molecule has 1 aliphatic rings. The molecule has 4 rings (SSSR count). The molecule has 1 aliphatic heterocycles. The first-order chi connectivity index (χ1) is 18.8. The molecule has 0 amide bonds. The predicted octanol–water partition coefficient (Wildman–Crippen LogP) is 3.40. The Morgan fingerprint density at radius 3 is 2.26 bits per heavy atom. The molecule has 0 spiro atoms. The van der Waals surface area contributed by atoms with E-state index in [4.69, 9.17) is 23.4 Å². The molecule has 0 aliphatic carbocycles. The number of nitrogens with zero attached hydrogens (tertiary/aromatic N) is 1. The number of carbonyl (C=O) groups is 2. The molecule has 206 valence electrons. The van der Waals surface area contributed by atoms with Crippen molar-refractivity contribution in [2.24, 2.45) is 0 Å². The summed E-state index contributed by atoms with van der Waals surface area (Å²) in [6, 6.07) is 11.5. The largest absolute Gasteiger partial charge is 0.502 e. The molecule has 0 radical (unpaired) electrons. The first-order valence-corrected chi connectivity index (χ1v) is 12.3. The standard InChI is InChI=1S/C29H31NO9/c1-35-24-11-19-9-10-30(15-20(19)12-25(24)36-2)16-21-13-23(31)27(33)28(39-21)22(14-26(32)37-3)17-5-7-18(8-6-17)29(34)38-4/h5-8,11-13,22,33H,9-10,14-16H2,1-4H3/t22-/m0/s1. The average Bonchev–Trinajstić information content (AvgIpc) is 2.96. The Morgan fingerprint density at radius 1 is 0.974 bits per heavy atom. The average molecular weight is 538 g/mol. The molecule has 0 bridgehead atoms. The fourth-order valence-corrected chi connectivity index (χ4v) is 4.75. The van der Waals surface area contributed by atoms with E-state index in [1.165, 1.54) is 20.3 Å². The quantitative estimate of drug-likeness (QED) is 0.406. The molecule has 1 atom stereocenters. The zero-order valence-corrected chi connectivity index (χ0v) is 22.3. The summed E-state index contributed by atoms with van der Waals surface area (Å²) in [4.78, 5) is 39.0. The zero-order chi connectivity index (χ0) is 28.1. The lowest BCUT2D eigenvalue weighted by molar-refractivity contribution is -0.140. The van der Waals surface area contributed by atoms with E-state index < -0.39 is 29.0 Å². The van der Waals surface area contributed by atoms with Gasteiger partial charge >= 0.3 is 11.9 Å². The number of carbonyl (C=O) groups excluding carboxylic acids is 2. The molecule has 3 aromatic rings. The highest BCUT2D eigenvalue weighted by atomic mass is 16.5. The topological polar surface area (TPSA) is 125 Å². The van der Waals surface area contributed by atoms with Crippen LogP contribution in [0.3, 0.4) is 0 Å². The summed E-state index contributed by atoms with van der Waals surface area (Å²) >= 11 is 0. The van der Waals surface area contributed by atoms with Crippen molar-refractivity contribution in [3.05, 3.63) is 86.5 Å². The summed E-state index contributed by atoms with van der Waals surface area (Å²) in [7, 11) is 5.73. The highest BCUT2D eigenvalue weighted by Crippen LogP contribution is 2.35.